The summed E-state index contributed by atoms with van der Waals surface area (Å²) in [5.74, 6) is -0.809. The lowest BCUT2D eigenvalue weighted by molar-refractivity contribution is -0.139. The molecule has 0 fully saturated rings. The topological polar surface area (TPSA) is 49.3 Å². The maximum Gasteiger partial charge on any atom is 0.321 e. The molecule has 0 radical (unpaired) electrons. The maximum atomic E-state index is 10.8. The first kappa shape index (κ1) is 11.2. The van der Waals surface area contributed by atoms with Gasteiger partial charge < -0.3 is 10.4 Å². The second-order valence-electron chi connectivity index (χ2n) is 2.99. The quantitative estimate of drug-likeness (QED) is 0.717. The Balaban J connectivity index is 2.60. The fraction of sp³-hybridized carbons (Fsp3) is 0.300. The largest absolute Gasteiger partial charge is 0.480 e. The average Bonchev–Trinajstić information content (AvgIpc) is 2.18. The SMILES string of the molecule is O=C(O)[C@H](Cc1ccccc1)NCP. The molecule has 1 unspecified atom stereocenters. The maximum absolute atomic E-state index is 10.8. The molecule has 1 aromatic carbocycles. The van der Waals surface area contributed by atoms with Crippen LogP contribution in [-0.2, 0) is 11.2 Å². The van der Waals surface area contributed by atoms with E-state index in [2.05, 4.69) is 14.6 Å². The summed E-state index contributed by atoms with van der Waals surface area (Å²) in [7, 11) is 2.46. The Bertz CT molecular complexity index is 289. The predicted octanol–water partition coefficient (Wildman–Crippen LogP) is 1.10. The van der Waals surface area contributed by atoms with E-state index in [0.29, 0.717) is 12.7 Å². The molecule has 0 bridgehead atoms. The third kappa shape index (κ3) is 3.44. The summed E-state index contributed by atoms with van der Waals surface area (Å²) in [6.45, 7) is 0. The van der Waals surface area contributed by atoms with Crippen LogP contribution in [0.4, 0.5) is 0 Å². The van der Waals surface area contributed by atoms with Gasteiger partial charge in [0.15, 0.2) is 0 Å². The Labute approximate surface area is 85.7 Å². The van der Waals surface area contributed by atoms with Crippen molar-refractivity contribution < 1.29 is 9.90 Å². The monoisotopic (exact) mass is 211 g/mol. The van der Waals surface area contributed by atoms with Crippen molar-refractivity contribution >= 4 is 15.2 Å². The minimum atomic E-state index is -0.809. The zero-order chi connectivity index (χ0) is 10.4. The summed E-state index contributed by atoms with van der Waals surface area (Å²) in [6.07, 6.45) is 1.11. The molecule has 2 N–H and O–H groups in total. The van der Waals surface area contributed by atoms with Crippen LogP contribution in [0.25, 0.3) is 0 Å². The summed E-state index contributed by atoms with van der Waals surface area (Å²) in [4.78, 5) is 10.8. The minimum Gasteiger partial charge on any atom is -0.480 e. The number of nitrogens with one attached hydrogen (secondary N) is 1. The fourth-order valence-electron chi connectivity index (χ4n) is 1.24. The molecular formula is C10H14NO2P. The van der Waals surface area contributed by atoms with Gasteiger partial charge >= 0.3 is 5.97 Å². The number of rotatable bonds is 5. The second kappa shape index (κ2) is 5.74. The molecule has 1 aromatic rings. The van der Waals surface area contributed by atoms with E-state index in [0.717, 1.165) is 5.56 Å². The lowest BCUT2D eigenvalue weighted by atomic mass is 10.1. The molecule has 0 saturated heterocycles. The summed E-state index contributed by atoms with van der Waals surface area (Å²) >= 11 is 0. The summed E-state index contributed by atoms with van der Waals surface area (Å²) in [5, 5.41) is 11.8. The standard InChI is InChI=1S/C10H14NO2P/c12-10(13)9(11-7-14)6-8-4-2-1-3-5-8/h1-5,9,11H,6-7,14H2,(H,12,13)/t9-/m0/s1. The van der Waals surface area contributed by atoms with Crippen molar-refractivity contribution in [3.05, 3.63) is 35.9 Å². The van der Waals surface area contributed by atoms with Crippen LogP contribution in [0.5, 0.6) is 0 Å². The number of benzene rings is 1. The van der Waals surface area contributed by atoms with Gasteiger partial charge in [0.25, 0.3) is 0 Å². The summed E-state index contributed by atoms with van der Waals surface area (Å²) < 4.78 is 0. The average molecular weight is 211 g/mol. The molecule has 4 heteroatoms. The molecule has 0 saturated carbocycles. The lowest BCUT2D eigenvalue weighted by Gasteiger charge is -2.12. The number of carboxylic acid groups (broad SMARTS) is 1. The van der Waals surface area contributed by atoms with Crippen LogP contribution in [0, 0.1) is 0 Å². The van der Waals surface area contributed by atoms with E-state index >= 15 is 0 Å². The Morgan fingerprint density at radius 2 is 2.07 bits per heavy atom. The highest BCUT2D eigenvalue weighted by atomic mass is 31.0. The predicted molar refractivity (Wildman–Crippen MR) is 59.3 cm³/mol. The van der Waals surface area contributed by atoms with Gasteiger partial charge in [0.2, 0.25) is 0 Å². The van der Waals surface area contributed by atoms with Gasteiger partial charge in [-0.1, -0.05) is 30.3 Å². The molecule has 76 valence electrons. The van der Waals surface area contributed by atoms with Crippen LogP contribution in [0.2, 0.25) is 0 Å². The van der Waals surface area contributed by atoms with E-state index in [1.165, 1.54) is 0 Å². The van der Waals surface area contributed by atoms with Crippen LogP contribution in [-0.4, -0.2) is 23.4 Å². The third-order valence-electron chi connectivity index (χ3n) is 1.94. The molecule has 0 spiro atoms. The van der Waals surface area contributed by atoms with E-state index in [-0.39, 0.29) is 0 Å². The Kier molecular flexibility index (Phi) is 4.57. The first-order chi connectivity index (χ1) is 6.74. The molecule has 0 aliphatic heterocycles. The van der Waals surface area contributed by atoms with Gasteiger partial charge in [-0.3, -0.25) is 4.79 Å². The summed E-state index contributed by atoms with van der Waals surface area (Å²) in [6, 6.07) is 9.10. The first-order valence-electron chi connectivity index (χ1n) is 4.44. The van der Waals surface area contributed by atoms with Crippen molar-refractivity contribution in [1.82, 2.24) is 5.32 Å². The Morgan fingerprint density at radius 1 is 1.43 bits per heavy atom. The van der Waals surface area contributed by atoms with Crippen molar-refractivity contribution in [2.24, 2.45) is 0 Å². The van der Waals surface area contributed by atoms with Crippen molar-refractivity contribution in [1.29, 1.82) is 0 Å². The first-order valence-corrected chi connectivity index (χ1v) is 5.26. The molecule has 0 amide bonds. The highest BCUT2D eigenvalue weighted by Gasteiger charge is 2.15. The van der Waals surface area contributed by atoms with Crippen LogP contribution in [0.3, 0.4) is 0 Å². The van der Waals surface area contributed by atoms with Gasteiger partial charge in [-0.2, -0.15) is 0 Å². The zero-order valence-electron chi connectivity index (χ0n) is 7.81. The lowest BCUT2D eigenvalue weighted by Crippen LogP contribution is -2.37. The van der Waals surface area contributed by atoms with Crippen molar-refractivity contribution in [3.8, 4) is 0 Å². The van der Waals surface area contributed by atoms with Crippen molar-refractivity contribution in [2.45, 2.75) is 12.5 Å². The molecule has 1 rings (SSSR count). The third-order valence-corrected chi connectivity index (χ3v) is 2.18. The van der Waals surface area contributed by atoms with Crippen molar-refractivity contribution in [2.75, 3.05) is 6.29 Å². The molecule has 0 aliphatic rings. The number of aliphatic carboxylic acids is 1. The molecule has 0 aliphatic carbocycles. The van der Waals surface area contributed by atoms with Gasteiger partial charge in [0.1, 0.15) is 6.04 Å². The van der Waals surface area contributed by atoms with Gasteiger partial charge in [0, 0.05) is 6.29 Å². The summed E-state index contributed by atoms with van der Waals surface area (Å²) in [5.41, 5.74) is 1.03. The van der Waals surface area contributed by atoms with Gasteiger partial charge in [0.05, 0.1) is 0 Å². The van der Waals surface area contributed by atoms with Crippen LogP contribution in [0.15, 0.2) is 30.3 Å². The molecule has 0 aromatic heterocycles. The number of hydrogen-bond acceptors (Lipinski definition) is 2. The minimum absolute atomic E-state index is 0.505. The van der Waals surface area contributed by atoms with E-state index in [9.17, 15) is 4.79 Å². The van der Waals surface area contributed by atoms with Gasteiger partial charge in [-0.05, 0) is 12.0 Å². The molecular weight excluding hydrogens is 197 g/mol. The Morgan fingerprint density at radius 3 is 2.57 bits per heavy atom. The van der Waals surface area contributed by atoms with Crippen molar-refractivity contribution in [3.63, 3.8) is 0 Å². The highest BCUT2D eigenvalue weighted by molar-refractivity contribution is 7.16. The van der Waals surface area contributed by atoms with Gasteiger partial charge in [-0.25, -0.2) is 0 Å². The van der Waals surface area contributed by atoms with E-state index in [1.807, 2.05) is 30.3 Å². The molecule has 3 nitrogen and oxygen atoms in total. The van der Waals surface area contributed by atoms with E-state index < -0.39 is 12.0 Å². The smallest absolute Gasteiger partial charge is 0.321 e. The second-order valence-corrected chi connectivity index (χ2v) is 3.40. The van der Waals surface area contributed by atoms with E-state index in [4.69, 9.17) is 5.11 Å². The molecule has 0 heterocycles. The Hall–Kier alpha value is -0.920. The highest BCUT2D eigenvalue weighted by Crippen LogP contribution is 2.03. The number of carboxylic acids is 1. The van der Waals surface area contributed by atoms with E-state index in [1.54, 1.807) is 0 Å². The fourth-order valence-corrected chi connectivity index (χ4v) is 1.52. The number of hydrogen-bond donors (Lipinski definition) is 2. The number of carbonyl (C=O) groups is 1. The van der Waals surface area contributed by atoms with Crippen LogP contribution < -0.4 is 5.32 Å². The van der Waals surface area contributed by atoms with Crippen LogP contribution >= 0.6 is 9.24 Å². The van der Waals surface area contributed by atoms with Crippen LogP contribution in [0.1, 0.15) is 5.56 Å². The normalized spacial score (nSPS) is 12.4. The van der Waals surface area contributed by atoms with Gasteiger partial charge in [-0.15, -0.1) is 9.24 Å². The molecule has 14 heavy (non-hydrogen) atoms. The molecule has 2 atom stereocenters. The zero-order valence-corrected chi connectivity index (χ0v) is 8.97.